The minimum atomic E-state index is -4.92. The van der Waals surface area contributed by atoms with Crippen LogP contribution in [0.25, 0.3) is 11.2 Å². The van der Waals surface area contributed by atoms with E-state index in [9.17, 15) is 32.3 Å². The van der Waals surface area contributed by atoms with Crippen molar-refractivity contribution in [2.75, 3.05) is 0 Å². The highest BCUT2D eigenvalue weighted by Gasteiger charge is 2.31. The monoisotopic (exact) mass is 508 g/mol. The summed E-state index contributed by atoms with van der Waals surface area (Å²) in [6.07, 6.45) is -5.92. The molecule has 9 nitrogen and oxygen atoms in total. The van der Waals surface area contributed by atoms with E-state index in [0.29, 0.717) is 5.56 Å². The van der Waals surface area contributed by atoms with Crippen LogP contribution in [0.15, 0.2) is 58.1 Å². The van der Waals surface area contributed by atoms with Gasteiger partial charge < -0.3 is 14.6 Å². The van der Waals surface area contributed by atoms with E-state index in [1.54, 1.807) is 0 Å². The number of alkyl halides is 3. The minimum Gasteiger partial charge on any atom is -0.425 e. The van der Waals surface area contributed by atoms with E-state index >= 15 is 0 Å². The maximum absolute atomic E-state index is 13.4. The molecule has 190 valence electrons. The quantitative estimate of drug-likeness (QED) is 0.385. The second-order valence-corrected chi connectivity index (χ2v) is 8.01. The molecular weight excluding hydrogens is 488 g/mol. The SMILES string of the molecule is CC(O)Cn1c(=O)c2c(nc(Oc3cccc(OC(F)(F)F)c3)n2Cc2ccc(F)cc2)n(C)c1=O. The van der Waals surface area contributed by atoms with Crippen LogP contribution in [0, 0.1) is 5.82 Å². The minimum absolute atomic E-state index is 0.0486. The van der Waals surface area contributed by atoms with Crippen LogP contribution in [0.4, 0.5) is 17.6 Å². The standard InChI is InChI=1S/C23H20F4N4O5/c1-13(32)11-31-20(33)18-19(29(2)22(31)34)28-21(30(18)12-14-6-8-15(24)9-7-14)35-16-4-3-5-17(10-16)36-23(25,26)27/h3-10,13,32H,11-12H2,1-2H3. The Morgan fingerprint density at radius 2 is 1.72 bits per heavy atom. The molecule has 0 spiro atoms. The first-order chi connectivity index (χ1) is 16.9. The highest BCUT2D eigenvalue weighted by atomic mass is 19.4. The number of benzene rings is 2. The summed E-state index contributed by atoms with van der Waals surface area (Å²) < 4.78 is 64.2. The summed E-state index contributed by atoms with van der Waals surface area (Å²) >= 11 is 0. The molecule has 4 aromatic rings. The first-order valence-corrected chi connectivity index (χ1v) is 10.6. The second kappa shape index (κ2) is 9.49. The van der Waals surface area contributed by atoms with E-state index in [0.717, 1.165) is 21.3 Å². The van der Waals surface area contributed by atoms with E-state index in [1.807, 2.05) is 0 Å². The fourth-order valence-electron chi connectivity index (χ4n) is 3.61. The van der Waals surface area contributed by atoms with Crippen molar-refractivity contribution in [2.45, 2.75) is 32.5 Å². The van der Waals surface area contributed by atoms with Crippen LogP contribution in [-0.4, -0.2) is 36.3 Å². The Morgan fingerprint density at radius 1 is 1.06 bits per heavy atom. The van der Waals surface area contributed by atoms with Crippen LogP contribution >= 0.6 is 0 Å². The van der Waals surface area contributed by atoms with Gasteiger partial charge in [0.25, 0.3) is 5.56 Å². The maximum Gasteiger partial charge on any atom is 0.573 e. The molecule has 0 bridgehead atoms. The number of nitrogens with zero attached hydrogens (tertiary/aromatic N) is 4. The second-order valence-electron chi connectivity index (χ2n) is 8.01. The van der Waals surface area contributed by atoms with Crippen molar-refractivity contribution in [1.82, 2.24) is 18.7 Å². The molecule has 2 aromatic heterocycles. The lowest BCUT2D eigenvalue weighted by molar-refractivity contribution is -0.274. The molecule has 13 heteroatoms. The van der Waals surface area contributed by atoms with E-state index < -0.39 is 35.3 Å². The molecule has 0 radical (unpaired) electrons. The Bertz CT molecular complexity index is 1520. The molecule has 1 unspecified atom stereocenters. The summed E-state index contributed by atoms with van der Waals surface area (Å²) in [6.45, 7) is 1.08. The molecular formula is C23H20F4N4O5. The number of imidazole rings is 1. The Labute approximate surface area is 200 Å². The molecule has 1 atom stereocenters. The third kappa shape index (κ3) is 5.25. The zero-order chi connectivity index (χ0) is 26.2. The average molecular weight is 508 g/mol. The third-order valence-electron chi connectivity index (χ3n) is 5.15. The van der Waals surface area contributed by atoms with Gasteiger partial charge in [-0.05, 0) is 36.8 Å². The number of ether oxygens (including phenoxy) is 2. The first kappa shape index (κ1) is 25.0. The molecule has 4 rings (SSSR count). The van der Waals surface area contributed by atoms with Gasteiger partial charge in [-0.3, -0.25) is 18.5 Å². The van der Waals surface area contributed by atoms with Gasteiger partial charge in [0, 0.05) is 13.1 Å². The lowest BCUT2D eigenvalue weighted by Gasteiger charge is -2.13. The van der Waals surface area contributed by atoms with Crippen LogP contribution in [0.5, 0.6) is 17.5 Å². The van der Waals surface area contributed by atoms with Crippen LogP contribution in [0.1, 0.15) is 12.5 Å². The van der Waals surface area contributed by atoms with Crippen molar-refractivity contribution in [3.8, 4) is 17.5 Å². The van der Waals surface area contributed by atoms with Crippen LogP contribution in [0.2, 0.25) is 0 Å². The van der Waals surface area contributed by atoms with Gasteiger partial charge in [0.15, 0.2) is 11.2 Å². The highest BCUT2D eigenvalue weighted by molar-refractivity contribution is 5.72. The van der Waals surface area contributed by atoms with Crippen LogP contribution in [-0.2, 0) is 20.1 Å². The number of fused-ring (bicyclic) bond motifs is 1. The lowest BCUT2D eigenvalue weighted by Crippen LogP contribution is -2.41. The zero-order valence-corrected chi connectivity index (χ0v) is 19.0. The molecule has 0 aliphatic heterocycles. The summed E-state index contributed by atoms with van der Waals surface area (Å²) in [5.41, 5.74) is -1.05. The van der Waals surface area contributed by atoms with E-state index in [-0.39, 0.29) is 36.0 Å². The highest BCUT2D eigenvalue weighted by Crippen LogP contribution is 2.30. The molecule has 2 aromatic carbocycles. The van der Waals surface area contributed by atoms with Crippen molar-refractivity contribution >= 4 is 11.2 Å². The normalized spacial score (nSPS) is 12.6. The predicted molar refractivity (Wildman–Crippen MR) is 120 cm³/mol. The summed E-state index contributed by atoms with van der Waals surface area (Å²) in [7, 11) is 1.37. The van der Waals surface area contributed by atoms with Crippen molar-refractivity contribution in [2.24, 2.45) is 7.05 Å². The third-order valence-corrected chi connectivity index (χ3v) is 5.15. The van der Waals surface area contributed by atoms with Gasteiger partial charge in [0.2, 0.25) is 0 Å². The summed E-state index contributed by atoms with van der Waals surface area (Å²) in [5.74, 6) is -1.09. The maximum atomic E-state index is 13.4. The van der Waals surface area contributed by atoms with Gasteiger partial charge in [-0.1, -0.05) is 18.2 Å². The number of aromatic nitrogens is 4. The molecule has 0 saturated heterocycles. The number of halogens is 4. The van der Waals surface area contributed by atoms with Gasteiger partial charge in [-0.25, -0.2) is 9.18 Å². The van der Waals surface area contributed by atoms with Crippen LogP contribution < -0.4 is 20.7 Å². The molecule has 1 N–H and O–H groups in total. The number of aliphatic hydroxyl groups excluding tert-OH is 1. The van der Waals surface area contributed by atoms with Crippen molar-refractivity contribution in [3.63, 3.8) is 0 Å². The van der Waals surface area contributed by atoms with Crippen molar-refractivity contribution < 1.29 is 32.1 Å². The molecule has 0 saturated carbocycles. The largest absolute Gasteiger partial charge is 0.573 e. The van der Waals surface area contributed by atoms with Gasteiger partial charge in [-0.15, -0.1) is 13.2 Å². The summed E-state index contributed by atoms with van der Waals surface area (Å²) in [6, 6.07) is 9.87. The van der Waals surface area contributed by atoms with Crippen molar-refractivity contribution in [3.05, 3.63) is 80.7 Å². The Balaban J connectivity index is 1.88. The fraction of sp³-hybridized carbons (Fsp3) is 0.261. The lowest BCUT2D eigenvalue weighted by atomic mass is 10.2. The van der Waals surface area contributed by atoms with E-state index in [4.69, 9.17) is 4.74 Å². The van der Waals surface area contributed by atoms with Gasteiger partial charge in [0.1, 0.15) is 17.3 Å². The van der Waals surface area contributed by atoms with E-state index in [1.165, 1.54) is 54.9 Å². The number of aliphatic hydroxyl groups is 1. The van der Waals surface area contributed by atoms with Gasteiger partial charge in [-0.2, -0.15) is 4.98 Å². The van der Waals surface area contributed by atoms with Gasteiger partial charge in [0.05, 0.1) is 19.2 Å². The smallest absolute Gasteiger partial charge is 0.425 e. The first-order valence-electron chi connectivity index (χ1n) is 10.6. The number of hydrogen-bond acceptors (Lipinski definition) is 6. The average Bonchev–Trinajstić information content (AvgIpc) is 3.13. The molecule has 0 aliphatic carbocycles. The zero-order valence-electron chi connectivity index (χ0n) is 19.0. The summed E-state index contributed by atoms with van der Waals surface area (Å²) in [4.78, 5) is 30.3. The van der Waals surface area contributed by atoms with Gasteiger partial charge >= 0.3 is 18.1 Å². The fourth-order valence-corrected chi connectivity index (χ4v) is 3.61. The number of aryl methyl sites for hydroxylation is 1. The molecule has 36 heavy (non-hydrogen) atoms. The topological polar surface area (TPSA) is 101 Å². The number of rotatable bonds is 7. The molecule has 2 heterocycles. The molecule has 0 amide bonds. The Hall–Kier alpha value is -4.13. The van der Waals surface area contributed by atoms with E-state index in [2.05, 4.69) is 9.72 Å². The Morgan fingerprint density at radius 3 is 2.36 bits per heavy atom. The predicted octanol–water partition coefficient (Wildman–Crippen LogP) is 3.16. The Kier molecular flexibility index (Phi) is 6.59. The molecule has 0 fully saturated rings. The molecule has 0 aliphatic rings. The van der Waals surface area contributed by atoms with Crippen LogP contribution in [0.3, 0.4) is 0 Å². The van der Waals surface area contributed by atoms with Crippen molar-refractivity contribution in [1.29, 1.82) is 0 Å². The summed E-state index contributed by atoms with van der Waals surface area (Å²) in [5, 5.41) is 9.77. The number of hydrogen-bond donors (Lipinski definition) is 1.